The van der Waals surface area contributed by atoms with Crippen LogP contribution < -0.4 is 26.0 Å². The third kappa shape index (κ3) is 5.63. The van der Waals surface area contributed by atoms with Gasteiger partial charge in [0.15, 0.2) is 11.6 Å². The van der Waals surface area contributed by atoms with Crippen LogP contribution in [0.4, 0.5) is 0 Å². The predicted molar refractivity (Wildman–Crippen MR) is 122 cm³/mol. The first-order valence-corrected chi connectivity index (χ1v) is 12.3. The number of carbonyl (C=O) groups excluding carboxylic acids is 1. The number of oxime groups is 1. The Balaban J connectivity index is 1.27. The van der Waals surface area contributed by atoms with E-state index in [0.29, 0.717) is 19.5 Å². The molecule has 2 unspecified atom stereocenters. The molecule has 13 nitrogen and oxygen atoms in total. The van der Waals surface area contributed by atoms with E-state index < -0.39 is 40.1 Å². The Bertz CT molecular complexity index is 1090. The lowest BCUT2D eigenvalue weighted by molar-refractivity contribution is -0.138. The summed E-state index contributed by atoms with van der Waals surface area (Å²) in [5, 5.41) is 25.5. The predicted octanol–water partition coefficient (Wildman–Crippen LogP) is -2.04. The number of amides is 1. The molecule has 0 saturated carbocycles. The van der Waals surface area contributed by atoms with Gasteiger partial charge in [0.2, 0.25) is 10.0 Å². The number of hydrogen-bond acceptors (Lipinski definition) is 10. The molecule has 0 aliphatic carbocycles. The number of carboxylic acid groups (broad SMARTS) is 1. The van der Waals surface area contributed by atoms with Crippen LogP contribution in [0.25, 0.3) is 0 Å². The summed E-state index contributed by atoms with van der Waals surface area (Å²) in [5.74, 6) is -1.26. The molecule has 184 valence electrons. The first-order chi connectivity index (χ1) is 16.3. The van der Waals surface area contributed by atoms with Crippen LogP contribution in [-0.2, 0) is 24.4 Å². The minimum absolute atomic E-state index is 0.0725. The molecule has 6 N–H and O–H groups in total. The molecule has 1 aromatic carbocycles. The van der Waals surface area contributed by atoms with Crippen LogP contribution in [-0.4, -0.2) is 87.5 Å². The normalized spacial score (nSPS) is 24.6. The zero-order valence-corrected chi connectivity index (χ0v) is 19.1. The van der Waals surface area contributed by atoms with Crippen molar-refractivity contribution < 1.29 is 28.0 Å². The van der Waals surface area contributed by atoms with Gasteiger partial charge in [-0.1, -0.05) is 23.4 Å². The molecule has 1 amide bonds. The number of hydrogen-bond donors (Lipinski definition) is 6. The van der Waals surface area contributed by atoms with Crippen molar-refractivity contribution in [2.45, 2.75) is 35.4 Å². The van der Waals surface area contributed by atoms with Crippen LogP contribution >= 0.6 is 0 Å². The maximum atomic E-state index is 12.6. The maximum absolute atomic E-state index is 12.6. The van der Waals surface area contributed by atoms with Gasteiger partial charge in [-0.2, -0.15) is 4.72 Å². The Morgan fingerprint density at radius 2 is 2.09 bits per heavy atom. The van der Waals surface area contributed by atoms with Crippen LogP contribution in [0.1, 0.15) is 12.8 Å². The van der Waals surface area contributed by atoms with Crippen molar-refractivity contribution in [1.82, 2.24) is 26.0 Å². The molecule has 0 aromatic heterocycles. The summed E-state index contributed by atoms with van der Waals surface area (Å²) in [4.78, 5) is 34.0. The van der Waals surface area contributed by atoms with Gasteiger partial charge in [-0.15, -0.1) is 0 Å². The highest BCUT2D eigenvalue weighted by Crippen LogP contribution is 2.32. The fraction of sp³-hybridized carbons (Fsp3) is 0.500. The van der Waals surface area contributed by atoms with E-state index in [4.69, 9.17) is 4.84 Å². The summed E-state index contributed by atoms with van der Waals surface area (Å²) in [6.45, 7) is 2.26. The third-order valence-corrected chi connectivity index (χ3v) is 7.23. The molecule has 3 atom stereocenters. The number of rotatable bonds is 9. The van der Waals surface area contributed by atoms with Crippen LogP contribution in [0.3, 0.4) is 0 Å². The van der Waals surface area contributed by atoms with E-state index in [2.05, 4.69) is 36.1 Å². The van der Waals surface area contributed by atoms with Gasteiger partial charge >= 0.3 is 5.97 Å². The Morgan fingerprint density at radius 1 is 1.29 bits per heavy atom. The van der Waals surface area contributed by atoms with Crippen molar-refractivity contribution >= 4 is 33.6 Å². The van der Waals surface area contributed by atoms with E-state index >= 15 is 0 Å². The molecule has 1 spiro atoms. The zero-order valence-electron chi connectivity index (χ0n) is 18.3. The fourth-order valence-electron chi connectivity index (χ4n) is 3.98. The van der Waals surface area contributed by atoms with Gasteiger partial charge in [-0.3, -0.25) is 14.6 Å². The topological polar surface area (TPSA) is 183 Å². The van der Waals surface area contributed by atoms with Gasteiger partial charge in [-0.05, 0) is 12.1 Å². The number of sulfonamides is 1. The molecular formula is C20H27N7O6S. The van der Waals surface area contributed by atoms with E-state index in [1.54, 1.807) is 6.07 Å². The number of aliphatic imine (C=N–C) groups is 1. The Morgan fingerprint density at radius 3 is 2.79 bits per heavy atom. The lowest BCUT2D eigenvalue weighted by Gasteiger charge is -2.19. The molecule has 3 heterocycles. The number of nitrogens with zero attached hydrogens (tertiary/aromatic N) is 2. The van der Waals surface area contributed by atoms with Gasteiger partial charge in [0.05, 0.1) is 11.4 Å². The number of aliphatic carboxylic acids is 1. The fourth-order valence-corrected chi connectivity index (χ4v) is 5.19. The summed E-state index contributed by atoms with van der Waals surface area (Å²) < 4.78 is 27.0. The van der Waals surface area contributed by atoms with E-state index in [1.807, 2.05) is 0 Å². The molecule has 0 radical (unpaired) electrons. The summed E-state index contributed by atoms with van der Waals surface area (Å²) in [5.41, 5.74) is -0.516. The van der Waals surface area contributed by atoms with Crippen molar-refractivity contribution in [1.29, 1.82) is 0 Å². The number of guanidine groups is 1. The number of carbonyl (C=O) groups is 2. The highest BCUT2D eigenvalue weighted by molar-refractivity contribution is 7.89. The van der Waals surface area contributed by atoms with Crippen molar-refractivity contribution in [3.63, 3.8) is 0 Å². The van der Waals surface area contributed by atoms with E-state index in [9.17, 15) is 23.1 Å². The summed E-state index contributed by atoms with van der Waals surface area (Å²) >= 11 is 0. The van der Waals surface area contributed by atoms with E-state index in [1.165, 1.54) is 24.3 Å². The lowest BCUT2D eigenvalue weighted by atomic mass is 9.94. The number of benzene rings is 1. The van der Waals surface area contributed by atoms with Crippen LogP contribution in [0.5, 0.6) is 0 Å². The molecule has 1 aromatic rings. The van der Waals surface area contributed by atoms with Crippen molar-refractivity contribution in [2.75, 3.05) is 32.7 Å². The van der Waals surface area contributed by atoms with Crippen molar-refractivity contribution in [3.05, 3.63) is 30.3 Å². The molecule has 3 aliphatic rings. The van der Waals surface area contributed by atoms with E-state index in [-0.39, 0.29) is 23.1 Å². The summed E-state index contributed by atoms with van der Waals surface area (Å²) in [6, 6.07) is 5.94. The molecule has 3 aliphatic heterocycles. The monoisotopic (exact) mass is 493 g/mol. The number of carboxylic acids is 1. The summed E-state index contributed by atoms with van der Waals surface area (Å²) in [7, 11) is -4.07. The molecule has 1 saturated heterocycles. The van der Waals surface area contributed by atoms with Crippen LogP contribution in [0.15, 0.2) is 45.4 Å². The second-order valence-corrected chi connectivity index (χ2v) is 10.1. The Hall–Kier alpha value is -3.23. The highest BCUT2D eigenvalue weighted by atomic mass is 32.2. The smallest absolute Gasteiger partial charge is 0.323 e. The van der Waals surface area contributed by atoms with Gasteiger partial charge in [0.1, 0.15) is 11.8 Å². The van der Waals surface area contributed by atoms with E-state index in [0.717, 1.165) is 19.0 Å². The SMILES string of the molecule is O=C(NCC(NS(=O)(=O)c1ccccc1)C(=O)O)C1=NO[C@]2(CNC(CNC3=NCCN3)C2)C1. The largest absolute Gasteiger partial charge is 0.480 e. The molecule has 34 heavy (non-hydrogen) atoms. The minimum Gasteiger partial charge on any atom is -0.480 e. The van der Waals surface area contributed by atoms with Crippen molar-refractivity contribution in [2.24, 2.45) is 10.1 Å². The first-order valence-electron chi connectivity index (χ1n) is 10.9. The highest BCUT2D eigenvalue weighted by Gasteiger charge is 2.47. The van der Waals surface area contributed by atoms with Gasteiger partial charge in [0, 0.05) is 45.1 Å². The van der Waals surface area contributed by atoms with Crippen LogP contribution in [0, 0.1) is 0 Å². The zero-order chi connectivity index (χ0) is 24.2. The quantitative estimate of drug-likeness (QED) is 0.226. The number of nitrogens with one attached hydrogen (secondary N) is 5. The molecular weight excluding hydrogens is 466 g/mol. The lowest BCUT2D eigenvalue weighted by Crippen LogP contribution is -2.49. The molecule has 1 fully saturated rings. The van der Waals surface area contributed by atoms with Crippen molar-refractivity contribution in [3.8, 4) is 0 Å². The molecule has 14 heteroatoms. The maximum Gasteiger partial charge on any atom is 0.323 e. The Kier molecular flexibility index (Phi) is 7.00. The van der Waals surface area contributed by atoms with Gasteiger partial charge in [-0.25, -0.2) is 8.42 Å². The average molecular weight is 494 g/mol. The van der Waals surface area contributed by atoms with Gasteiger partial charge < -0.3 is 31.2 Å². The second kappa shape index (κ2) is 9.95. The Labute approximate surface area is 196 Å². The summed E-state index contributed by atoms with van der Waals surface area (Å²) in [6.07, 6.45) is 0.886. The van der Waals surface area contributed by atoms with Crippen LogP contribution in [0.2, 0.25) is 0 Å². The third-order valence-electron chi connectivity index (χ3n) is 5.74. The second-order valence-electron chi connectivity index (χ2n) is 8.34. The standard InChI is InChI=1S/C20H27N7O6S/c28-17(23-11-16(18(29)30)27-34(31,32)14-4-2-1-3-5-14)15-9-20(33-26-15)8-13(25-12-20)10-24-19-21-6-7-22-19/h1-5,13,16,25,27H,6-12H2,(H,23,28)(H,29,30)(H2,21,22,24)/t13?,16?,20-/m0/s1. The first kappa shape index (κ1) is 23.9. The molecule has 4 rings (SSSR count). The minimum atomic E-state index is -4.07. The molecule has 0 bridgehead atoms. The average Bonchev–Trinajstić information content (AvgIpc) is 3.58. The van der Waals surface area contributed by atoms with Gasteiger partial charge in [0.25, 0.3) is 5.91 Å².